The van der Waals surface area contributed by atoms with Crippen LogP contribution in [0.4, 0.5) is 5.69 Å². The second-order valence-corrected chi connectivity index (χ2v) is 7.56. The number of rotatable bonds is 7. The van der Waals surface area contributed by atoms with Gasteiger partial charge in [-0.25, -0.2) is 0 Å². The van der Waals surface area contributed by atoms with Gasteiger partial charge in [0.15, 0.2) is 0 Å². The number of para-hydroxylation sites is 1. The van der Waals surface area contributed by atoms with Gasteiger partial charge in [0.1, 0.15) is 0 Å². The quantitative estimate of drug-likeness (QED) is 0.805. The van der Waals surface area contributed by atoms with Crippen LogP contribution in [0.3, 0.4) is 0 Å². The molecule has 1 heterocycles. The zero-order chi connectivity index (χ0) is 20.1. The third kappa shape index (κ3) is 4.60. The van der Waals surface area contributed by atoms with Crippen molar-refractivity contribution in [3.8, 4) is 0 Å². The van der Waals surface area contributed by atoms with Crippen LogP contribution in [0.25, 0.3) is 0 Å². The first-order valence-electron chi connectivity index (χ1n) is 9.88. The molecule has 2 aromatic carbocycles. The van der Waals surface area contributed by atoms with Crippen LogP contribution >= 0.6 is 0 Å². The van der Waals surface area contributed by atoms with Crippen molar-refractivity contribution < 1.29 is 9.59 Å². The summed E-state index contributed by atoms with van der Waals surface area (Å²) in [5.74, 6) is -0.354. The van der Waals surface area contributed by atoms with E-state index in [2.05, 4.69) is 41.4 Å². The van der Waals surface area contributed by atoms with E-state index in [1.165, 1.54) is 11.1 Å². The number of amides is 2. The Bertz CT molecular complexity index is 802. The number of hydrogen-bond acceptors (Lipinski definition) is 3. The van der Waals surface area contributed by atoms with E-state index in [0.717, 1.165) is 12.1 Å². The fraction of sp³-hybridized carbons (Fsp3) is 0.391. The van der Waals surface area contributed by atoms with Gasteiger partial charge in [-0.1, -0.05) is 49.4 Å². The normalized spacial score (nSPS) is 17.8. The number of aryl methyl sites for hydroxylation is 1. The largest absolute Gasteiger partial charge is 0.354 e. The lowest BCUT2D eigenvalue weighted by Gasteiger charge is -2.26. The number of benzene rings is 2. The summed E-state index contributed by atoms with van der Waals surface area (Å²) in [6.07, 6.45) is 1.27. The molecule has 0 spiro atoms. The molecule has 1 N–H and O–H groups in total. The molecule has 1 aliphatic heterocycles. The maximum absolute atomic E-state index is 12.7. The highest BCUT2D eigenvalue weighted by atomic mass is 16.2. The van der Waals surface area contributed by atoms with Gasteiger partial charge in [-0.05, 0) is 43.8 Å². The molecular weight excluding hydrogens is 350 g/mol. The van der Waals surface area contributed by atoms with Gasteiger partial charge < -0.3 is 15.1 Å². The zero-order valence-corrected chi connectivity index (χ0v) is 16.9. The molecular formula is C23H29N3O2. The maximum Gasteiger partial charge on any atom is 0.227 e. The van der Waals surface area contributed by atoms with E-state index < -0.39 is 0 Å². The van der Waals surface area contributed by atoms with Crippen LogP contribution in [0, 0.1) is 5.92 Å². The molecule has 0 radical (unpaired) electrons. The van der Waals surface area contributed by atoms with Gasteiger partial charge in [0, 0.05) is 25.2 Å². The molecule has 2 atom stereocenters. The summed E-state index contributed by atoms with van der Waals surface area (Å²) in [6.45, 7) is 3.10. The fourth-order valence-electron chi connectivity index (χ4n) is 3.66. The van der Waals surface area contributed by atoms with Crippen molar-refractivity contribution >= 4 is 17.5 Å². The number of likely N-dealkylation sites (N-methyl/N-ethyl adjacent to an activating group) is 1. The van der Waals surface area contributed by atoms with Crippen LogP contribution < -0.4 is 10.2 Å². The molecule has 0 saturated carbocycles. The molecule has 0 aromatic heterocycles. The van der Waals surface area contributed by atoms with Crippen molar-refractivity contribution in [1.29, 1.82) is 0 Å². The first kappa shape index (κ1) is 20.1. The van der Waals surface area contributed by atoms with E-state index in [1.54, 1.807) is 4.90 Å². The molecule has 28 heavy (non-hydrogen) atoms. The van der Waals surface area contributed by atoms with E-state index in [1.807, 2.05) is 44.4 Å². The number of anilines is 1. The molecule has 5 nitrogen and oxygen atoms in total. The van der Waals surface area contributed by atoms with Crippen LogP contribution in [0.2, 0.25) is 0 Å². The maximum atomic E-state index is 12.7. The second kappa shape index (κ2) is 9.02. The lowest BCUT2D eigenvalue weighted by atomic mass is 10.0. The number of nitrogens with one attached hydrogen (secondary N) is 1. The van der Waals surface area contributed by atoms with Gasteiger partial charge in [-0.2, -0.15) is 0 Å². The second-order valence-electron chi connectivity index (χ2n) is 7.56. The average Bonchev–Trinajstić information content (AvgIpc) is 3.10. The summed E-state index contributed by atoms with van der Waals surface area (Å²) >= 11 is 0. The summed E-state index contributed by atoms with van der Waals surface area (Å²) in [5.41, 5.74) is 3.33. The third-order valence-electron chi connectivity index (χ3n) is 5.43. The third-order valence-corrected chi connectivity index (χ3v) is 5.43. The first-order chi connectivity index (χ1) is 13.5. The van der Waals surface area contributed by atoms with Crippen molar-refractivity contribution in [2.75, 3.05) is 32.1 Å². The van der Waals surface area contributed by atoms with Gasteiger partial charge in [0.05, 0.1) is 12.0 Å². The van der Waals surface area contributed by atoms with Crippen molar-refractivity contribution in [2.24, 2.45) is 5.92 Å². The van der Waals surface area contributed by atoms with E-state index in [4.69, 9.17) is 0 Å². The summed E-state index contributed by atoms with van der Waals surface area (Å²) in [7, 11) is 4.03. The van der Waals surface area contributed by atoms with Crippen molar-refractivity contribution in [2.45, 2.75) is 25.8 Å². The van der Waals surface area contributed by atoms with Gasteiger partial charge in [-0.3, -0.25) is 9.59 Å². The smallest absolute Gasteiger partial charge is 0.227 e. The van der Waals surface area contributed by atoms with Gasteiger partial charge in [0.25, 0.3) is 0 Å². The molecule has 2 aromatic rings. The number of nitrogens with zero attached hydrogens (tertiary/aromatic N) is 2. The number of hydrogen-bond donors (Lipinski definition) is 1. The van der Waals surface area contributed by atoms with E-state index in [9.17, 15) is 9.59 Å². The Morgan fingerprint density at radius 3 is 2.43 bits per heavy atom. The average molecular weight is 380 g/mol. The molecule has 1 saturated heterocycles. The topological polar surface area (TPSA) is 52.7 Å². The summed E-state index contributed by atoms with van der Waals surface area (Å²) < 4.78 is 0. The molecule has 5 heteroatoms. The highest BCUT2D eigenvalue weighted by Crippen LogP contribution is 2.25. The van der Waals surface area contributed by atoms with Crippen LogP contribution in [-0.4, -0.2) is 43.9 Å². The Kier molecular flexibility index (Phi) is 6.47. The zero-order valence-electron chi connectivity index (χ0n) is 16.9. The molecule has 1 aliphatic rings. The standard InChI is InChI=1S/C23H29N3O2/c1-4-17-10-12-18(13-11-17)21(25(2)3)15-24-23(28)19-14-22(27)26(16-19)20-8-6-5-7-9-20/h5-13,19,21H,4,14-16H2,1-3H3,(H,24,28). The minimum atomic E-state index is -0.307. The molecule has 3 rings (SSSR count). The van der Waals surface area contributed by atoms with Gasteiger partial charge >= 0.3 is 0 Å². The minimum absolute atomic E-state index is 0.00524. The number of carbonyl (C=O) groups is 2. The number of carbonyl (C=O) groups excluding carboxylic acids is 2. The molecule has 148 valence electrons. The molecule has 2 unspecified atom stereocenters. The van der Waals surface area contributed by atoms with Crippen LogP contribution in [-0.2, 0) is 16.0 Å². The monoisotopic (exact) mass is 379 g/mol. The Morgan fingerprint density at radius 2 is 1.82 bits per heavy atom. The van der Waals surface area contributed by atoms with Gasteiger partial charge in [-0.15, -0.1) is 0 Å². The van der Waals surface area contributed by atoms with Crippen LogP contribution in [0.5, 0.6) is 0 Å². The Hall–Kier alpha value is -2.66. The highest BCUT2D eigenvalue weighted by molar-refractivity contribution is 6.00. The lowest BCUT2D eigenvalue weighted by Crippen LogP contribution is -2.38. The van der Waals surface area contributed by atoms with Crippen LogP contribution in [0.15, 0.2) is 54.6 Å². The van der Waals surface area contributed by atoms with E-state index in [-0.39, 0.29) is 30.2 Å². The molecule has 0 bridgehead atoms. The highest BCUT2D eigenvalue weighted by Gasteiger charge is 2.35. The van der Waals surface area contributed by atoms with E-state index >= 15 is 0 Å². The predicted molar refractivity (Wildman–Crippen MR) is 112 cm³/mol. The lowest BCUT2D eigenvalue weighted by molar-refractivity contribution is -0.126. The fourth-order valence-corrected chi connectivity index (χ4v) is 3.66. The van der Waals surface area contributed by atoms with E-state index in [0.29, 0.717) is 13.1 Å². The van der Waals surface area contributed by atoms with Crippen LogP contribution in [0.1, 0.15) is 30.5 Å². The van der Waals surface area contributed by atoms with Crippen molar-refractivity contribution in [3.63, 3.8) is 0 Å². The minimum Gasteiger partial charge on any atom is -0.354 e. The Balaban J connectivity index is 1.61. The molecule has 1 fully saturated rings. The predicted octanol–water partition coefficient (Wildman–Crippen LogP) is 3.02. The first-order valence-corrected chi connectivity index (χ1v) is 9.88. The summed E-state index contributed by atoms with van der Waals surface area (Å²) in [4.78, 5) is 28.9. The summed E-state index contributed by atoms with van der Waals surface area (Å²) in [6, 6.07) is 18.2. The Morgan fingerprint density at radius 1 is 1.14 bits per heavy atom. The van der Waals surface area contributed by atoms with Crippen molar-refractivity contribution in [1.82, 2.24) is 10.2 Å². The SMILES string of the molecule is CCc1ccc(C(CNC(=O)C2CC(=O)N(c3ccccc3)C2)N(C)C)cc1. The van der Waals surface area contributed by atoms with Gasteiger partial charge in [0.2, 0.25) is 11.8 Å². The Labute approximate surface area is 167 Å². The molecule has 2 amide bonds. The molecule has 0 aliphatic carbocycles. The van der Waals surface area contributed by atoms with Crippen molar-refractivity contribution in [3.05, 3.63) is 65.7 Å². The summed E-state index contributed by atoms with van der Waals surface area (Å²) in [5, 5.41) is 3.07.